The Kier molecular flexibility index (Phi) is 6.22. The zero-order valence-electron chi connectivity index (χ0n) is 16.9. The number of carbonyl (C=O) groups is 1. The van der Waals surface area contributed by atoms with Crippen molar-refractivity contribution in [3.63, 3.8) is 0 Å². The van der Waals surface area contributed by atoms with Crippen LogP contribution in [0.3, 0.4) is 0 Å². The summed E-state index contributed by atoms with van der Waals surface area (Å²) in [7, 11) is 0. The number of nitro groups is 1. The lowest BCUT2D eigenvalue weighted by molar-refractivity contribution is -0.387. The summed E-state index contributed by atoms with van der Waals surface area (Å²) in [5.74, 6) is 0.111. The van der Waals surface area contributed by atoms with Gasteiger partial charge >= 0.3 is 0 Å². The highest BCUT2D eigenvalue weighted by Gasteiger charge is 2.19. The molecule has 1 amide bonds. The van der Waals surface area contributed by atoms with E-state index < -0.39 is 10.8 Å². The van der Waals surface area contributed by atoms with E-state index in [0.717, 1.165) is 16.0 Å². The molecule has 0 aliphatic heterocycles. The van der Waals surface area contributed by atoms with E-state index in [4.69, 9.17) is 4.52 Å². The van der Waals surface area contributed by atoms with Crippen molar-refractivity contribution in [3.05, 3.63) is 94.1 Å². The average molecular weight is 447 g/mol. The summed E-state index contributed by atoms with van der Waals surface area (Å²) in [5.41, 5.74) is 1.86. The van der Waals surface area contributed by atoms with E-state index in [1.807, 2.05) is 31.2 Å². The number of hydrogen-bond acceptors (Lipinski definition) is 8. The van der Waals surface area contributed by atoms with Crippen LogP contribution in [0.2, 0.25) is 0 Å². The van der Waals surface area contributed by atoms with Gasteiger partial charge in [-0.25, -0.2) is 0 Å². The molecule has 0 aliphatic rings. The molecule has 9 nitrogen and oxygen atoms in total. The number of rotatable bonds is 7. The number of nitro benzene ring substituents is 1. The third-order valence-corrected chi connectivity index (χ3v) is 5.55. The number of amides is 1. The molecule has 2 aromatic heterocycles. The molecule has 2 aromatic carbocycles. The molecular formula is C22H17N5O4S. The molecule has 0 atom stereocenters. The molecule has 0 radical (unpaired) electrons. The maximum atomic E-state index is 12.5. The number of nitrogens with one attached hydrogen (secondary N) is 1. The van der Waals surface area contributed by atoms with Gasteiger partial charge in [0.1, 0.15) is 0 Å². The molecule has 160 valence electrons. The van der Waals surface area contributed by atoms with Gasteiger partial charge in [0.05, 0.1) is 16.4 Å². The van der Waals surface area contributed by atoms with E-state index in [-0.39, 0.29) is 23.7 Å². The molecule has 32 heavy (non-hydrogen) atoms. The van der Waals surface area contributed by atoms with Crippen molar-refractivity contribution >= 4 is 23.4 Å². The van der Waals surface area contributed by atoms with Crippen LogP contribution in [0.5, 0.6) is 0 Å². The molecule has 0 saturated carbocycles. The molecule has 0 spiro atoms. The van der Waals surface area contributed by atoms with Gasteiger partial charge in [-0.3, -0.25) is 19.9 Å². The van der Waals surface area contributed by atoms with Gasteiger partial charge in [-0.2, -0.15) is 4.98 Å². The maximum Gasteiger partial charge on any atom is 0.284 e. The Morgan fingerprint density at radius 2 is 1.88 bits per heavy atom. The van der Waals surface area contributed by atoms with Crippen LogP contribution in [0.1, 0.15) is 21.8 Å². The average Bonchev–Trinajstić information content (AvgIpc) is 3.29. The molecule has 1 N–H and O–H groups in total. The highest BCUT2D eigenvalue weighted by Crippen LogP contribution is 2.35. The number of aryl methyl sites for hydroxylation is 1. The molecule has 4 rings (SSSR count). The van der Waals surface area contributed by atoms with Gasteiger partial charge in [-0.1, -0.05) is 34.6 Å². The van der Waals surface area contributed by atoms with E-state index >= 15 is 0 Å². The van der Waals surface area contributed by atoms with E-state index in [0.29, 0.717) is 10.7 Å². The molecular weight excluding hydrogens is 430 g/mol. The Hall–Kier alpha value is -4.05. The van der Waals surface area contributed by atoms with Crippen LogP contribution < -0.4 is 5.32 Å². The van der Waals surface area contributed by atoms with Crippen molar-refractivity contribution in [2.45, 2.75) is 23.3 Å². The zero-order valence-corrected chi connectivity index (χ0v) is 17.7. The first-order valence-corrected chi connectivity index (χ1v) is 10.4. The molecule has 10 heteroatoms. The highest BCUT2D eigenvalue weighted by atomic mass is 32.2. The summed E-state index contributed by atoms with van der Waals surface area (Å²) in [5, 5.41) is 18.1. The molecule has 0 aliphatic carbocycles. The summed E-state index contributed by atoms with van der Waals surface area (Å²) in [6.45, 7) is 1.96. The number of aromatic nitrogens is 3. The minimum Gasteiger partial charge on any atom is -0.343 e. The second kappa shape index (κ2) is 9.40. The van der Waals surface area contributed by atoms with Crippen LogP contribution in [0.15, 0.2) is 81.3 Å². The lowest BCUT2D eigenvalue weighted by Gasteiger charge is -2.07. The molecule has 0 unspecified atom stereocenters. The normalized spacial score (nSPS) is 10.7. The molecule has 4 aromatic rings. The molecule has 0 saturated heterocycles. The summed E-state index contributed by atoms with van der Waals surface area (Å²) in [6.07, 6.45) is 3.22. The monoisotopic (exact) mass is 447 g/mol. The first-order chi connectivity index (χ1) is 15.5. The Morgan fingerprint density at radius 1 is 1.12 bits per heavy atom. The van der Waals surface area contributed by atoms with Crippen LogP contribution in [-0.4, -0.2) is 26.0 Å². The first-order valence-electron chi connectivity index (χ1n) is 9.54. The van der Waals surface area contributed by atoms with Crippen molar-refractivity contribution in [3.8, 4) is 11.4 Å². The summed E-state index contributed by atoms with van der Waals surface area (Å²) >= 11 is 1.27. The van der Waals surface area contributed by atoms with Crippen molar-refractivity contribution < 1.29 is 14.2 Å². The fourth-order valence-electron chi connectivity index (χ4n) is 2.82. The standard InChI is InChI=1S/C22H17N5O4S/c1-14-2-5-17(6-3-14)32-19-7-4-16(12-18(19)27(29)30)22(28)24-13-20-25-21(26-31-20)15-8-10-23-11-9-15/h2-12H,13H2,1H3,(H,24,28). The number of nitrogens with zero attached hydrogens (tertiary/aromatic N) is 4. The predicted molar refractivity (Wildman–Crippen MR) is 117 cm³/mol. The number of pyridine rings is 1. The highest BCUT2D eigenvalue weighted by molar-refractivity contribution is 7.99. The Labute approximate surface area is 187 Å². The SMILES string of the molecule is Cc1ccc(Sc2ccc(C(=O)NCc3nc(-c4ccncc4)no3)cc2[N+](=O)[O-])cc1. The summed E-state index contributed by atoms with van der Waals surface area (Å²) in [6, 6.07) is 15.5. The second-order valence-electron chi connectivity index (χ2n) is 6.79. The maximum absolute atomic E-state index is 12.5. The fraction of sp³-hybridized carbons (Fsp3) is 0.0909. The van der Waals surface area contributed by atoms with E-state index in [1.165, 1.54) is 17.8 Å². The lowest BCUT2D eigenvalue weighted by Crippen LogP contribution is -2.23. The third kappa shape index (κ3) is 4.98. The van der Waals surface area contributed by atoms with E-state index in [2.05, 4.69) is 20.4 Å². The van der Waals surface area contributed by atoms with Crippen LogP contribution in [0, 0.1) is 17.0 Å². The topological polar surface area (TPSA) is 124 Å². The number of benzene rings is 2. The lowest BCUT2D eigenvalue weighted by atomic mass is 10.2. The third-order valence-electron chi connectivity index (χ3n) is 4.47. The van der Waals surface area contributed by atoms with Gasteiger partial charge < -0.3 is 9.84 Å². The number of hydrogen-bond donors (Lipinski definition) is 1. The van der Waals surface area contributed by atoms with Gasteiger partial charge in [0.2, 0.25) is 11.7 Å². The smallest absolute Gasteiger partial charge is 0.284 e. The van der Waals surface area contributed by atoms with Gasteiger partial charge in [-0.15, -0.1) is 0 Å². The van der Waals surface area contributed by atoms with Crippen molar-refractivity contribution in [2.24, 2.45) is 0 Å². The van der Waals surface area contributed by atoms with Gasteiger partial charge in [0.25, 0.3) is 11.6 Å². The van der Waals surface area contributed by atoms with Gasteiger partial charge in [0.15, 0.2) is 0 Å². The fourth-order valence-corrected chi connectivity index (χ4v) is 3.72. The van der Waals surface area contributed by atoms with Crippen molar-refractivity contribution in [2.75, 3.05) is 0 Å². The van der Waals surface area contributed by atoms with Gasteiger partial charge in [-0.05, 0) is 43.3 Å². The van der Waals surface area contributed by atoms with Crippen molar-refractivity contribution in [1.82, 2.24) is 20.4 Å². The summed E-state index contributed by atoms with van der Waals surface area (Å²) < 4.78 is 5.15. The zero-order chi connectivity index (χ0) is 22.5. The molecule has 2 heterocycles. The number of carbonyl (C=O) groups excluding carboxylic acids is 1. The summed E-state index contributed by atoms with van der Waals surface area (Å²) in [4.78, 5) is 33.1. The predicted octanol–water partition coefficient (Wildman–Crippen LogP) is 4.43. The molecule has 0 fully saturated rings. The van der Waals surface area contributed by atoms with E-state index in [9.17, 15) is 14.9 Å². The van der Waals surface area contributed by atoms with Gasteiger partial charge in [0, 0.05) is 34.5 Å². The Morgan fingerprint density at radius 3 is 2.59 bits per heavy atom. The van der Waals surface area contributed by atoms with Crippen LogP contribution in [-0.2, 0) is 6.54 Å². The largest absolute Gasteiger partial charge is 0.343 e. The quantitative estimate of drug-likeness (QED) is 0.326. The Balaban J connectivity index is 1.45. The van der Waals surface area contributed by atoms with Crippen LogP contribution in [0.25, 0.3) is 11.4 Å². The minimum atomic E-state index is -0.494. The second-order valence-corrected chi connectivity index (χ2v) is 7.90. The van der Waals surface area contributed by atoms with Crippen LogP contribution in [0.4, 0.5) is 5.69 Å². The Bertz CT molecular complexity index is 1260. The first kappa shape index (κ1) is 21.2. The van der Waals surface area contributed by atoms with E-state index in [1.54, 1.807) is 36.7 Å². The van der Waals surface area contributed by atoms with Crippen molar-refractivity contribution in [1.29, 1.82) is 0 Å². The molecule has 0 bridgehead atoms. The minimum absolute atomic E-state index is 0.00934. The van der Waals surface area contributed by atoms with Crippen LogP contribution >= 0.6 is 11.8 Å².